The van der Waals surface area contributed by atoms with Crippen molar-refractivity contribution < 1.29 is 14.4 Å². The van der Waals surface area contributed by atoms with E-state index in [4.69, 9.17) is 23.2 Å². The summed E-state index contributed by atoms with van der Waals surface area (Å²) in [6.45, 7) is 2.75. The molecule has 38 heavy (non-hydrogen) atoms. The van der Waals surface area contributed by atoms with E-state index < -0.39 is 0 Å². The molecule has 0 aliphatic carbocycles. The summed E-state index contributed by atoms with van der Waals surface area (Å²) in [6.07, 6.45) is 4.39. The zero-order valence-electron chi connectivity index (χ0n) is 20.4. The van der Waals surface area contributed by atoms with Crippen LogP contribution in [0.15, 0.2) is 65.0 Å². The molecule has 1 saturated heterocycles. The molecular formula is C28H23Cl2N3O3S2. The molecule has 0 unspecified atom stereocenters. The third-order valence-electron chi connectivity index (χ3n) is 6.25. The number of halogens is 2. The Morgan fingerprint density at radius 3 is 2.66 bits per heavy atom. The highest BCUT2D eigenvalue weighted by atomic mass is 35.5. The van der Waals surface area contributed by atoms with Crippen LogP contribution in [0.1, 0.15) is 28.5 Å². The van der Waals surface area contributed by atoms with E-state index in [0.29, 0.717) is 27.1 Å². The molecule has 0 bridgehead atoms. The maximum absolute atomic E-state index is 13.2. The molecule has 1 fully saturated rings. The lowest BCUT2D eigenvalue weighted by molar-refractivity contribution is -0.123. The Morgan fingerprint density at radius 1 is 1.08 bits per heavy atom. The predicted molar refractivity (Wildman–Crippen MR) is 155 cm³/mol. The number of amides is 3. The summed E-state index contributed by atoms with van der Waals surface area (Å²) < 4.78 is 1.92. The molecule has 0 atom stereocenters. The fourth-order valence-electron chi connectivity index (χ4n) is 4.40. The lowest BCUT2D eigenvalue weighted by atomic mass is 10.1. The van der Waals surface area contributed by atoms with Gasteiger partial charge in [-0.1, -0.05) is 60.5 Å². The van der Waals surface area contributed by atoms with Gasteiger partial charge in [0.05, 0.1) is 23.5 Å². The summed E-state index contributed by atoms with van der Waals surface area (Å²) in [5.74, 6) is -0.486. The molecule has 194 valence electrons. The summed E-state index contributed by atoms with van der Waals surface area (Å²) in [7, 11) is 0. The average molecular weight is 585 g/mol. The summed E-state index contributed by atoms with van der Waals surface area (Å²) in [5.41, 5.74) is 3.45. The second-order valence-corrected chi connectivity index (χ2v) is 11.6. The molecule has 3 heterocycles. The number of carbonyl (C=O) groups excluding carboxylic acids is 3. The van der Waals surface area contributed by atoms with Gasteiger partial charge in [0.1, 0.15) is 6.54 Å². The molecular weight excluding hydrogens is 561 g/mol. The van der Waals surface area contributed by atoms with E-state index in [0.717, 1.165) is 45.1 Å². The van der Waals surface area contributed by atoms with Gasteiger partial charge in [-0.2, -0.15) is 0 Å². The van der Waals surface area contributed by atoms with Crippen molar-refractivity contribution in [1.82, 2.24) is 14.8 Å². The van der Waals surface area contributed by atoms with Crippen molar-refractivity contribution in [1.29, 1.82) is 0 Å². The lowest BCUT2D eigenvalue weighted by Crippen LogP contribution is -2.27. The smallest absolute Gasteiger partial charge is 0.293 e. The van der Waals surface area contributed by atoms with Gasteiger partial charge in [-0.25, -0.2) is 0 Å². The maximum Gasteiger partial charge on any atom is 0.293 e. The Bertz CT molecular complexity index is 1580. The van der Waals surface area contributed by atoms with Gasteiger partial charge >= 0.3 is 0 Å². The van der Waals surface area contributed by atoms with Crippen LogP contribution in [0.4, 0.5) is 4.79 Å². The van der Waals surface area contributed by atoms with Crippen LogP contribution in [0.3, 0.4) is 0 Å². The molecule has 0 saturated carbocycles. The molecule has 6 nitrogen and oxygen atoms in total. The molecule has 3 amide bonds. The Balaban J connectivity index is 1.42. The number of rotatable bonds is 8. The summed E-state index contributed by atoms with van der Waals surface area (Å²) in [5, 5.41) is 6.39. The highest BCUT2D eigenvalue weighted by Gasteiger charge is 2.35. The first-order chi connectivity index (χ1) is 18.3. The van der Waals surface area contributed by atoms with Crippen LogP contribution in [0.25, 0.3) is 17.0 Å². The topological polar surface area (TPSA) is 71.4 Å². The van der Waals surface area contributed by atoms with Gasteiger partial charge in [0.25, 0.3) is 11.1 Å². The number of thiophene rings is 1. The van der Waals surface area contributed by atoms with Crippen LogP contribution >= 0.6 is 46.3 Å². The number of hydrogen-bond donors (Lipinski definition) is 1. The number of aryl methyl sites for hydroxylation is 1. The second-order valence-electron chi connectivity index (χ2n) is 8.74. The number of imide groups is 1. The minimum absolute atomic E-state index is 0.0597. The number of hydrogen-bond acceptors (Lipinski definition) is 5. The number of para-hydroxylation sites is 1. The molecule has 5 rings (SSSR count). The Labute approximate surface area is 238 Å². The van der Waals surface area contributed by atoms with E-state index in [9.17, 15) is 14.4 Å². The minimum Gasteiger partial charge on any atom is -0.350 e. The van der Waals surface area contributed by atoms with Crippen molar-refractivity contribution in [2.24, 2.45) is 0 Å². The van der Waals surface area contributed by atoms with Crippen molar-refractivity contribution in [3.8, 4) is 0 Å². The number of aromatic nitrogens is 1. The second kappa shape index (κ2) is 11.4. The summed E-state index contributed by atoms with van der Waals surface area (Å²) in [6, 6.07) is 14.9. The highest BCUT2D eigenvalue weighted by Crippen LogP contribution is 2.36. The van der Waals surface area contributed by atoms with Crippen LogP contribution in [-0.4, -0.2) is 26.5 Å². The number of nitrogens with one attached hydrogen (secondary N) is 1. The van der Waals surface area contributed by atoms with E-state index in [1.54, 1.807) is 35.6 Å². The van der Waals surface area contributed by atoms with E-state index in [2.05, 4.69) is 12.2 Å². The predicted octanol–water partition coefficient (Wildman–Crippen LogP) is 7.12. The summed E-state index contributed by atoms with van der Waals surface area (Å²) in [4.78, 5) is 41.4. The molecule has 4 aromatic rings. The monoisotopic (exact) mass is 583 g/mol. The zero-order valence-corrected chi connectivity index (χ0v) is 23.5. The zero-order chi connectivity index (χ0) is 26.8. The Morgan fingerprint density at radius 2 is 1.92 bits per heavy atom. The molecule has 2 aromatic carbocycles. The van der Waals surface area contributed by atoms with E-state index in [1.165, 1.54) is 4.90 Å². The molecule has 2 aromatic heterocycles. The van der Waals surface area contributed by atoms with Crippen molar-refractivity contribution in [3.05, 3.63) is 96.6 Å². The first-order valence-corrected chi connectivity index (χ1v) is 14.4. The third kappa shape index (κ3) is 5.54. The first kappa shape index (κ1) is 26.6. The Hall–Kier alpha value is -3.04. The van der Waals surface area contributed by atoms with Gasteiger partial charge in [-0.3, -0.25) is 19.3 Å². The molecule has 1 N–H and O–H groups in total. The van der Waals surface area contributed by atoms with Gasteiger partial charge in [-0.15, -0.1) is 11.3 Å². The molecule has 1 aliphatic rings. The molecule has 0 radical (unpaired) electrons. The highest BCUT2D eigenvalue weighted by molar-refractivity contribution is 8.18. The van der Waals surface area contributed by atoms with Gasteiger partial charge in [0, 0.05) is 32.1 Å². The number of benzene rings is 2. The fourth-order valence-corrected chi connectivity index (χ4v) is 6.34. The van der Waals surface area contributed by atoms with Crippen molar-refractivity contribution in [2.75, 3.05) is 0 Å². The van der Waals surface area contributed by atoms with Crippen LogP contribution in [-0.2, 0) is 35.6 Å². The van der Waals surface area contributed by atoms with Crippen molar-refractivity contribution >= 4 is 80.3 Å². The SMILES string of the molecule is CCc1cccc2c(/C=C3\SC(=O)N(Cc4ccc(Cl)cc4Cl)C3=O)cn(CC(=O)NCc3cccs3)c12. The number of nitrogens with zero attached hydrogens (tertiary/aromatic N) is 2. The summed E-state index contributed by atoms with van der Waals surface area (Å²) >= 11 is 14.7. The maximum atomic E-state index is 13.2. The minimum atomic E-state index is -0.382. The number of fused-ring (bicyclic) bond motifs is 1. The van der Waals surface area contributed by atoms with Gasteiger partial charge in [-0.05, 0) is 59.0 Å². The van der Waals surface area contributed by atoms with Crippen LogP contribution in [0, 0.1) is 0 Å². The average Bonchev–Trinajstić information content (AvgIpc) is 3.60. The largest absolute Gasteiger partial charge is 0.350 e. The number of carbonyl (C=O) groups is 3. The van der Waals surface area contributed by atoms with E-state index in [1.807, 2.05) is 46.5 Å². The normalized spacial score (nSPS) is 14.7. The van der Waals surface area contributed by atoms with E-state index >= 15 is 0 Å². The molecule has 0 spiro atoms. The standard InChI is InChI=1S/C28H23Cl2N3O3S2/c1-2-17-5-3-7-22-19(14-32(26(17)22)16-25(34)31-13-21-6-4-10-37-21)11-24-27(35)33(28(36)38-24)15-18-8-9-20(29)12-23(18)30/h3-12,14H,2,13,15-16H2,1H3,(H,31,34)/b24-11-. The quantitative estimate of drug-likeness (QED) is 0.224. The van der Waals surface area contributed by atoms with Crippen molar-refractivity contribution in [3.63, 3.8) is 0 Å². The Kier molecular flexibility index (Phi) is 7.95. The molecule has 10 heteroatoms. The molecule has 1 aliphatic heterocycles. The van der Waals surface area contributed by atoms with Crippen molar-refractivity contribution in [2.45, 2.75) is 33.0 Å². The van der Waals surface area contributed by atoms with E-state index in [-0.39, 0.29) is 30.1 Å². The van der Waals surface area contributed by atoms with Crippen LogP contribution in [0.2, 0.25) is 10.0 Å². The number of thioether (sulfide) groups is 1. The van der Waals surface area contributed by atoms with Gasteiger partial charge in [0.15, 0.2) is 0 Å². The van der Waals surface area contributed by atoms with Crippen LogP contribution in [0.5, 0.6) is 0 Å². The van der Waals surface area contributed by atoms with Gasteiger partial charge in [0.2, 0.25) is 5.91 Å². The first-order valence-electron chi connectivity index (χ1n) is 11.9. The van der Waals surface area contributed by atoms with Crippen LogP contribution < -0.4 is 5.32 Å². The van der Waals surface area contributed by atoms with Gasteiger partial charge < -0.3 is 9.88 Å². The fraction of sp³-hybridized carbons (Fsp3) is 0.179. The lowest BCUT2D eigenvalue weighted by Gasteiger charge is -2.13. The third-order valence-corrected chi connectivity index (χ3v) is 8.62.